The molecule has 0 bridgehead atoms. The Morgan fingerprint density at radius 3 is 2.41 bits per heavy atom. The second kappa shape index (κ2) is 5.89. The molecule has 5 nitrogen and oxygen atoms in total. The molecule has 0 saturated heterocycles. The fourth-order valence-corrected chi connectivity index (χ4v) is 1.30. The monoisotopic (exact) mass is 237 g/mol. The van der Waals surface area contributed by atoms with Crippen molar-refractivity contribution in [3.05, 3.63) is 29.8 Å². The van der Waals surface area contributed by atoms with Gasteiger partial charge >= 0.3 is 5.97 Å². The molecule has 5 heteroatoms. The summed E-state index contributed by atoms with van der Waals surface area (Å²) in [5.74, 6) is -0.502. The Bertz CT molecular complexity index is 399. The number of carboxylic acid groups (broad SMARTS) is 1. The Labute approximate surface area is 99.4 Å². The fourth-order valence-electron chi connectivity index (χ4n) is 1.30. The van der Waals surface area contributed by atoms with Crippen molar-refractivity contribution in [1.29, 1.82) is 0 Å². The molecule has 0 heterocycles. The van der Waals surface area contributed by atoms with E-state index in [1.54, 1.807) is 12.1 Å². The van der Waals surface area contributed by atoms with E-state index in [9.17, 15) is 9.59 Å². The zero-order chi connectivity index (χ0) is 12.8. The first-order valence-electron chi connectivity index (χ1n) is 5.22. The fraction of sp³-hybridized carbons (Fsp3) is 0.333. The molecule has 0 aliphatic heterocycles. The summed E-state index contributed by atoms with van der Waals surface area (Å²) in [6.45, 7) is 3.61. The first kappa shape index (κ1) is 13.0. The van der Waals surface area contributed by atoms with Crippen LogP contribution in [0.5, 0.6) is 5.75 Å². The van der Waals surface area contributed by atoms with Gasteiger partial charge in [0.25, 0.3) is 0 Å². The van der Waals surface area contributed by atoms with Gasteiger partial charge < -0.3 is 15.2 Å². The van der Waals surface area contributed by atoms with Gasteiger partial charge in [-0.2, -0.15) is 0 Å². The van der Waals surface area contributed by atoms with Crippen LogP contribution in [0.15, 0.2) is 24.3 Å². The number of benzene rings is 1. The number of carbonyl (C=O) groups excluding carboxylic acids is 1. The van der Waals surface area contributed by atoms with Crippen molar-refractivity contribution >= 4 is 11.9 Å². The standard InChI is InChI=1S/C12H15NO4/c1-8(13-9(2)14)7-17-11-5-3-10(4-6-11)12(15)16/h3-6,8H,7H2,1-2H3,(H,13,14)(H,15,16)/t8-/m0/s1. The molecule has 0 unspecified atom stereocenters. The average molecular weight is 237 g/mol. The quantitative estimate of drug-likeness (QED) is 0.809. The number of aromatic carboxylic acids is 1. The molecular formula is C12H15NO4. The third-order valence-electron chi connectivity index (χ3n) is 2.05. The van der Waals surface area contributed by atoms with Crippen LogP contribution in [0.4, 0.5) is 0 Å². The molecule has 1 aromatic rings. The highest BCUT2D eigenvalue weighted by molar-refractivity contribution is 5.87. The highest BCUT2D eigenvalue weighted by Gasteiger charge is 2.05. The van der Waals surface area contributed by atoms with E-state index in [0.29, 0.717) is 12.4 Å². The number of carbonyl (C=O) groups is 2. The molecule has 0 saturated carbocycles. The van der Waals surface area contributed by atoms with Gasteiger partial charge in [-0.05, 0) is 31.2 Å². The third kappa shape index (κ3) is 4.55. The number of ether oxygens (including phenoxy) is 1. The van der Waals surface area contributed by atoms with E-state index in [-0.39, 0.29) is 17.5 Å². The van der Waals surface area contributed by atoms with Crippen molar-refractivity contribution in [2.45, 2.75) is 19.9 Å². The van der Waals surface area contributed by atoms with Crippen molar-refractivity contribution in [3.63, 3.8) is 0 Å². The number of hydrogen-bond donors (Lipinski definition) is 2. The number of amides is 1. The summed E-state index contributed by atoms with van der Waals surface area (Å²) in [6, 6.07) is 6.03. The maximum atomic E-state index is 10.8. The first-order valence-corrected chi connectivity index (χ1v) is 5.22. The van der Waals surface area contributed by atoms with Crippen LogP contribution in [-0.4, -0.2) is 29.6 Å². The molecule has 0 spiro atoms. The molecule has 17 heavy (non-hydrogen) atoms. The molecule has 1 atom stereocenters. The highest BCUT2D eigenvalue weighted by atomic mass is 16.5. The SMILES string of the molecule is CC(=O)N[C@@H](C)COc1ccc(C(=O)O)cc1. The van der Waals surface area contributed by atoms with E-state index in [4.69, 9.17) is 9.84 Å². The lowest BCUT2D eigenvalue weighted by Gasteiger charge is -2.13. The van der Waals surface area contributed by atoms with Crippen LogP contribution >= 0.6 is 0 Å². The van der Waals surface area contributed by atoms with Crippen LogP contribution in [0.2, 0.25) is 0 Å². The van der Waals surface area contributed by atoms with E-state index in [2.05, 4.69) is 5.32 Å². The van der Waals surface area contributed by atoms with Crippen molar-refractivity contribution in [3.8, 4) is 5.75 Å². The van der Waals surface area contributed by atoms with Gasteiger partial charge in [-0.1, -0.05) is 0 Å². The summed E-state index contributed by atoms with van der Waals surface area (Å²) in [5, 5.41) is 11.4. The average Bonchev–Trinajstić information content (AvgIpc) is 2.26. The lowest BCUT2D eigenvalue weighted by atomic mass is 10.2. The largest absolute Gasteiger partial charge is 0.491 e. The van der Waals surface area contributed by atoms with Gasteiger partial charge in [0.1, 0.15) is 12.4 Å². The zero-order valence-corrected chi connectivity index (χ0v) is 9.77. The summed E-state index contributed by atoms with van der Waals surface area (Å²) in [5.41, 5.74) is 0.215. The molecule has 2 N–H and O–H groups in total. The number of nitrogens with one attached hydrogen (secondary N) is 1. The molecule has 1 aromatic carbocycles. The van der Waals surface area contributed by atoms with Crippen LogP contribution in [0.3, 0.4) is 0 Å². The Morgan fingerprint density at radius 2 is 1.94 bits per heavy atom. The molecule has 1 rings (SSSR count). The second-order valence-corrected chi connectivity index (χ2v) is 3.74. The van der Waals surface area contributed by atoms with Crippen LogP contribution in [-0.2, 0) is 4.79 Å². The molecular weight excluding hydrogens is 222 g/mol. The van der Waals surface area contributed by atoms with Crippen molar-refractivity contribution in [2.24, 2.45) is 0 Å². The molecule has 0 aliphatic rings. The van der Waals surface area contributed by atoms with E-state index in [1.807, 2.05) is 6.92 Å². The van der Waals surface area contributed by atoms with Gasteiger partial charge in [0, 0.05) is 6.92 Å². The Morgan fingerprint density at radius 1 is 1.35 bits per heavy atom. The van der Waals surface area contributed by atoms with Gasteiger partial charge in [0.2, 0.25) is 5.91 Å². The smallest absolute Gasteiger partial charge is 0.335 e. The van der Waals surface area contributed by atoms with E-state index < -0.39 is 5.97 Å². The molecule has 0 radical (unpaired) electrons. The summed E-state index contributed by atoms with van der Waals surface area (Å²) >= 11 is 0. The van der Waals surface area contributed by atoms with Crippen molar-refractivity contribution in [2.75, 3.05) is 6.61 Å². The van der Waals surface area contributed by atoms with Gasteiger partial charge in [0.15, 0.2) is 0 Å². The van der Waals surface area contributed by atoms with Gasteiger partial charge in [-0.15, -0.1) is 0 Å². The lowest BCUT2D eigenvalue weighted by Crippen LogP contribution is -2.35. The van der Waals surface area contributed by atoms with E-state index in [1.165, 1.54) is 19.1 Å². The first-order chi connectivity index (χ1) is 7.99. The number of hydrogen-bond acceptors (Lipinski definition) is 3. The van der Waals surface area contributed by atoms with E-state index in [0.717, 1.165) is 0 Å². The minimum atomic E-state index is -0.969. The van der Waals surface area contributed by atoms with Crippen LogP contribution < -0.4 is 10.1 Å². The molecule has 0 aromatic heterocycles. The topological polar surface area (TPSA) is 75.6 Å². The predicted octanol–water partition coefficient (Wildman–Crippen LogP) is 1.29. The Balaban J connectivity index is 2.47. The minimum absolute atomic E-state index is 0.0911. The van der Waals surface area contributed by atoms with Crippen LogP contribution in [0.1, 0.15) is 24.2 Å². The number of carboxylic acids is 1. The maximum absolute atomic E-state index is 10.8. The maximum Gasteiger partial charge on any atom is 0.335 e. The lowest BCUT2D eigenvalue weighted by molar-refractivity contribution is -0.119. The van der Waals surface area contributed by atoms with Gasteiger partial charge in [0.05, 0.1) is 11.6 Å². The predicted molar refractivity (Wildman–Crippen MR) is 62.2 cm³/mol. The molecule has 92 valence electrons. The Hall–Kier alpha value is -2.04. The van der Waals surface area contributed by atoms with Crippen LogP contribution in [0.25, 0.3) is 0 Å². The minimum Gasteiger partial charge on any atom is -0.491 e. The van der Waals surface area contributed by atoms with Crippen LogP contribution in [0, 0.1) is 0 Å². The molecule has 0 aliphatic carbocycles. The Kier molecular flexibility index (Phi) is 4.51. The van der Waals surface area contributed by atoms with Crippen molar-refractivity contribution in [1.82, 2.24) is 5.32 Å². The van der Waals surface area contributed by atoms with E-state index >= 15 is 0 Å². The summed E-state index contributed by atoms with van der Waals surface area (Å²) in [6.07, 6.45) is 0. The highest BCUT2D eigenvalue weighted by Crippen LogP contribution is 2.12. The van der Waals surface area contributed by atoms with Crippen molar-refractivity contribution < 1.29 is 19.4 Å². The normalized spacial score (nSPS) is 11.6. The molecule has 1 amide bonds. The number of rotatable bonds is 5. The summed E-state index contributed by atoms with van der Waals surface area (Å²) in [7, 11) is 0. The molecule has 0 fully saturated rings. The second-order valence-electron chi connectivity index (χ2n) is 3.74. The zero-order valence-electron chi connectivity index (χ0n) is 9.77. The van der Waals surface area contributed by atoms with Gasteiger partial charge in [-0.25, -0.2) is 4.79 Å². The third-order valence-corrected chi connectivity index (χ3v) is 2.05. The summed E-state index contributed by atoms with van der Waals surface area (Å²) < 4.78 is 5.40. The summed E-state index contributed by atoms with van der Waals surface area (Å²) in [4.78, 5) is 21.4. The van der Waals surface area contributed by atoms with Gasteiger partial charge in [-0.3, -0.25) is 4.79 Å².